The zero-order valence-electron chi connectivity index (χ0n) is 17.7. The molecule has 1 N–H and O–H groups in total. The van der Waals surface area contributed by atoms with E-state index < -0.39 is 25.2 Å². The van der Waals surface area contributed by atoms with E-state index in [-0.39, 0.29) is 18.0 Å². The lowest BCUT2D eigenvalue weighted by Crippen LogP contribution is -2.31. The van der Waals surface area contributed by atoms with Crippen LogP contribution in [0.15, 0.2) is 70.7 Å². The van der Waals surface area contributed by atoms with Gasteiger partial charge in [0.2, 0.25) is 0 Å². The van der Waals surface area contributed by atoms with Crippen LogP contribution in [0.2, 0.25) is 0 Å². The molecule has 2 rings (SSSR count). The van der Waals surface area contributed by atoms with Gasteiger partial charge in [0.25, 0.3) is 0 Å². The number of nitrogens with one attached hydrogen (secondary N) is 1. The van der Waals surface area contributed by atoms with Gasteiger partial charge in [-0.1, -0.05) is 12.7 Å². The number of allylic oxidation sites excluding steroid dienone is 5. The highest BCUT2D eigenvalue weighted by molar-refractivity contribution is 7.97. The summed E-state index contributed by atoms with van der Waals surface area (Å²) in [6.07, 6.45) is 6.89. The van der Waals surface area contributed by atoms with Gasteiger partial charge in [-0.3, -0.25) is 14.1 Å². The Balaban J connectivity index is 2.16. The van der Waals surface area contributed by atoms with Crippen molar-refractivity contribution in [2.24, 2.45) is 0 Å². The van der Waals surface area contributed by atoms with Gasteiger partial charge in [-0.2, -0.15) is 5.26 Å². The van der Waals surface area contributed by atoms with Crippen LogP contribution in [-0.4, -0.2) is 35.3 Å². The molecular formula is C23H27F3N4S. The third-order valence-electron chi connectivity index (χ3n) is 4.69. The number of aromatic nitrogens is 1. The fourth-order valence-corrected chi connectivity index (χ4v) is 3.70. The topological polar surface area (TPSA) is 52.0 Å². The smallest absolute Gasteiger partial charge is 0.120 e. The zero-order valence-corrected chi connectivity index (χ0v) is 18.6. The van der Waals surface area contributed by atoms with Crippen molar-refractivity contribution < 1.29 is 13.2 Å². The Morgan fingerprint density at radius 2 is 2.13 bits per heavy atom. The molecule has 1 atom stereocenters. The van der Waals surface area contributed by atoms with Gasteiger partial charge in [-0.15, -0.1) is 0 Å². The summed E-state index contributed by atoms with van der Waals surface area (Å²) in [7, 11) is 0. The standard InChI is InChI=1S/C23H27F3N4S/c1-16(2)30(23-6-4-5-18(26)11-22(23)17(3)13-27)15-20-7-8-21(14-28-20)31-29-19(12-25)9-10-24/h5-8,11,14,16,19,29H,3-4,9-10,12,15H2,1-2H3. The molecule has 0 aliphatic heterocycles. The van der Waals surface area contributed by atoms with Crippen LogP contribution in [0.3, 0.4) is 0 Å². The van der Waals surface area contributed by atoms with Crippen LogP contribution in [0, 0.1) is 11.3 Å². The summed E-state index contributed by atoms with van der Waals surface area (Å²) in [4.78, 5) is 7.32. The van der Waals surface area contributed by atoms with E-state index in [0.717, 1.165) is 16.3 Å². The van der Waals surface area contributed by atoms with Crippen molar-refractivity contribution in [3.63, 3.8) is 0 Å². The molecular weight excluding hydrogens is 421 g/mol. The summed E-state index contributed by atoms with van der Waals surface area (Å²) in [6.45, 7) is 7.04. The first kappa shape index (κ1) is 24.8. The van der Waals surface area contributed by atoms with E-state index in [1.165, 1.54) is 24.1 Å². The van der Waals surface area contributed by atoms with Gasteiger partial charge in [0.05, 0.1) is 30.6 Å². The van der Waals surface area contributed by atoms with Crippen LogP contribution in [0.1, 0.15) is 32.4 Å². The van der Waals surface area contributed by atoms with Crippen molar-refractivity contribution in [3.05, 3.63) is 71.5 Å². The summed E-state index contributed by atoms with van der Waals surface area (Å²) in [5.41, 5.74) is 2.18. The predicted molar refractivity (Wildman–Crippen MR) is 119 cm³/mol. The minimum absolute atomic E-state index is 0.0610. The van der Waals surface area contributed by atoms with Gasteiger partial charge in [-0.05, 0) is 62.9 Å². The number of nitriles is 1. The van der Waals surface area contributed by atoms with Gasteiger partial charge in [-0.25, -0.2) is 8.78 Å². The fourth-order valence-electron chi connectivity index (χ4n) is 2.97. The van der Waals surface area contributed by atoms with Gasteiger partial charge in [0, 0.05) is 34.4 Å². The molecule has 0 radical (unpaired) electrons. The highest BCUT2D eigenvalue weighted by Gasteiger charge is 2.21. The largest absolute Gasteiger partial charge is 0.363 e. The second-order valence-corrected chi connectivity index (χ2v) is 8.23. The van der Waals surface area contributed by atoms with Gasteiger partial charge < -0.3 is 4.90 Å². The Bertz CT molecular complexity index is 885. The minimum atomic E-state index is -0.639. The van der Waals surface area contributed by atoms with Crippen molar-refractivity contribution in [2.75, 3.05) is 13.3 Å². The van der Waals surface area contributed by atoms with E-state index in [1.807, 2.05) is 38.1 Å². The molecule has 0 bridgehead atoms. The maximum Gasteiger partial charge on any atom is 0.120 e. The number of hydrogen-bond acceptors (Lipinski definition) is 5. The minimum Gasteiger partial charge on any atom is -0.363 e. The number of nitrogens with zero attached hydrogens (tertiary/aromatic N) is 3. The van der Waals surface area contributed by atoms with Crippen LogP contribution >= 0.6 is 11.9 Å². The Hall–Kier alpha value is -2.50. The second-order valence-electron chi connectivity index (χ2n) is 7.32. The molecule has 0 saturated carbocycles. The van der Waals surface area contributed by atoms with Crippen LogP contribution < -0.4 is 4.72 Å². The number of pyridine rings is 1. The van der Waals surface area contributed by atoms with Crippen LogP contribution in [0.5, 0.6) is 0 Å². The van der Waals surface area contributed by atoms with Gasteiger partial charge in [0.1, 0.15) is 12.5 Å². The molecule has 0 fully saturated rings. The first-order chi connectivity index (χ1) is 14.9. The Kier molecular flexibility index (Phi) is 9.89. The lowest BCUT2D eigenvalue weighted by atomic mass is 10.0. The monoisotopic (exact) mass is 448 g/mol. The third kappa shape index (κ3) is 7.30. The van der Waals surface area contributed by atoms with Gasteiger partial charge >= 0.3 is 0 Å². The molecule has 0 spiro atoms. The van der Waals surface area contributed by atoms with Crippen LogP contribution in [-0.2, 0) is 6.54 Å². The van der Waals surface area contributed by atoms with E-state index in [1.54, 1.807) is 6.20 Å². The summed E-state index contributed by atoms with van der Waals surface area (Å²) >= 11 is 1.22. The zero-order chi connectivity index (χ0) is 22.8. The van der Waals surface area contributed by atoms with Crippen molar-refractivity contribution >= 4 is 11.9 Å². The number of hydrogen-bond donors (Lipinski definition) is 1. The molecule has 1 unspecified atom stereocenters. The van der Waals surface area contributed by atoms with E-state index in [4.69, 9.17) is 0 Å². The molecule has 8 heteroatoms. The van der Waals surface area contributed by atoms with Gasteiger partial charge in [0.15, 0.2) is 0 Å². The van der Waals surface area contributed by atoms with Crippen molar-refractivity contribution in [1.82, 2.24) is 14.6 Å². The average molecular weight is 449 g/mol. The highest BCUT2D eigenvalue weighted by Crippen LogP contribution is 2.30. The van der Waals surface area contributed by atoms with E-state index in [2.05, 4.69) is 21.2 Å². The molecule has 0 saturated heterocycles. The van der Waals surface area contributed by atoms with Crippen molar-refractivity contribution in [2.45, 2.75) is 50.2 Å². The summed E-state index contributed by atoms with van der Waals surface area (Å²) in [6, 6.07) is 5.25. The predicted octanol–water partition coefficient (Wildman–Crippen LogP) is 5.73. The third-order valence-corrected chi connectivity index (χ3v) is 5.62. The average Bonchev–Trinajstić information content (AvgIpc) is 2.96. The first-order valence-electron chi connectivity index (χ1n) is 10.0. The molecule has 1 aliphatic carbocycles. The quantitative estimate of drug-likeness (QED) is 0.346. The van der Waals surface area contributed by atoms with Crippen LogP contribution in [0.25, 0.3) is 0 Å². The summed E-state index contributed by atoms with van der Waals surface area (Å²) < 4.78 is 42.2. The molecule has 31 heavy (non-hydrogen) atoms. The molecule has 1 aromatic rings. The SMILES string of the molecule is C=C(C#N)C1=CC(F)=CCC=C1N(Cc1ccc(SNC(CF)CCF)cn1)C(C)C. The number of rotatable bonds is 11. The molecule has 0 aromatic carbocycles. The summed E-state index contributed by atoms with van der Waals surface area (Å²) in [5.74, 6) is -0.396. The number of alkyl halides is 2. The van der Waals surface area contributed by atoms with E-state index in [9.17, 15) is 18.4 Å². The molecule has 1 heterocycles. The fraction of sp³-hybridized carbons (Fsp3) is 0.391. The maximum absolute atomic E-state index is 14.0. The first-order valence-corrected chi connectivity index (χ1v) is 10.8. The molecule has 166 valence electrons. The highest BCUT2D eigenvalue weighted by atomic mass is 32.2. The number of halogens is 3. The Morgan fingerprint density at radius 3 is 2.71 bits per heavy atom. The lowest BCUT2D eigenvalue weighted by molar-refractivity contribution is 0.277. The van der Waals surface area contributed by atoms with Crippen molar-refractivity contribution in [3.8, 4) is 6.07 Å². The van der Waals surface area contributed by atoms with E-state index in [0.29, 0.717) is 18.5 Å². The Morgan fingerprint density at radius 1 is 1.35 bits per heavy atom. The Labute approximate surface area is 186 Å². The maximum atomic E-state index is 14.0. The second kappa shape index (κ2) is 12.4. The lowest BCUT2D eigenvalue weighted by Gasteiger charge is -2.32. The molecule has 0 amide bonds. The normalized spacial score (nSPS) is 14.8. The molecule has 4 nitrogen and oxygen atoms in total. The molecule has 1 aliphatic rings. The molecule has 1 aromatic heterocycles. The van der Waals surface area contributed by atoms with Crippen LogP contribution in [0.4, 0.5) is 13.2 Å². The summed E-state index contributed by atoms with van der Waals surface area (Å²) in [5, 5.41) is 9.32. The van der Waals surface area contributed by atoms with E-state index >= 15 is 0 Å². The van der Waals surface area contributed by atoms with Crippen molar-refractivity contribution in [1.29, 1.82) is 5.26 Å².